The van der Waals surface area contributed by atoms with E-state index in [-0.39, 0.29) is 6.54 Å². The van der Waals surface area contributed by atoms with E-state index in [4.69, 9.17) is 10.5 Å². The van der Waals surface area contributed by atoms with Gasteiger partial charge in [0, 0.05) is 0 Å². The Morgan fingerprint density at radius 1 is 1.04 bits per heavy atom. The third kappa shape index (κ3) is 4.17. The Balaban J connectivity index is 2.46. The molecule has 0 heterocycles. The minimum Gasteiger partial charge on any atom is -0.375 e. The molecular formula is C18H20N2O3. The number of rotatable bonds is 5. The largest absolute Gasteiger partial charge is 0.426 e. The van der Waals surface area contributed by atoms with Crippen LogP contribution in [0, 0.1) is 0 Å². The highest BCUT2D eigenvalue weighted by atomic mass is 16.6. The third-order valence-electron chi connectivity index (χ3n) is 3.32. The minimum absolute atomic E-state index is 0.342. The van der Waals surface area contributed by atoms with E-state index in [1.807, 2.05) is 42.5 Å². The SMILES string of the molecule is CCCc1ccccc1N(C(=O)OC(=O)CN)c1ccccc1. The van der Waals surface area contributed by atoms with E-state index in [1.54, 1.807) is 12.1 Å². The van der Waals surface area contributed by atoms with Crippen molar-refractivity contribution in [1.82, 2.24) is 0 Å². The standard InChI is InChI=1S/C18H20N2O3/c1-2-8-14-9-6-7-12-16(14)20(15-10-4-3-5-11-15)18(22)23-17(21)13-19/h3-7,9-12H,2,8,13,19H2,1H3. The van der Waals surface area contributed by atoms with Gasteiger partial charge in [0.05, 0.1) is 17.9 Å². The molecule has 0 saturated heterocycles. The Morgan fingerprint density at radius 3 is 2.35 bits per heavy atom. The highest BCUT2D eigenvalue weighted by molar-refractivity contribution is 6.01. The number of nitrogens with two attached hydrogens (primary N) is 1. The van der Waals surface area contributed by atoms with Crippen LogP contribution in [-0.4, -0.2) is 18.6 Å². The second kappa shape index (κ2) is 8.10. The van der Waals surface area contributed by atoms with Gasteiger partial charge in [-0.1, -0.05) is 49.7 Å². The number of esters is 1. The lowest BCUT2D eigenvalue weighted by molar-refractivity contribution is -0.135. The highest BCUT2D eigenvalue weighted by Crippen LogP contribution is 2.30. The van der Waals surface area contributed by atoms with E-state index >= 15 is 0 Å². The summed E-state index contributed by atoms with van der Waals surface area (Å²) in [7, 11) is 0. The molecule has 2 aromatic rings. The van der Waals surface area contributed by atoms with Crippen LogP contribution in [0.1, 0.15) is 18.9 Å². The average Bonchev–Trinajstić information content (AvgIpc) is 2.57. The van der Waals surface area contributed by atoms with Crippen LogP contribution in [0.25, 0.3) is 0 Å². The summed E-state index contributed by atoms with van der Waals surface area (Å²) in [6.07, 6.45) is 1.00. The van der Waals surface area contributed by atoms with Gasteiger partial charge in [0.2, 0.25) is 0 Å². The van der Waals surface area contributed by atoms with Crippen molar-refractivity contribution in [3.8, 4) is 0 Å². The van der Waals surface area contributed by atoms with Crippen molar-refractivity contribution in [2.45, 2.75) is 19.8 Å². The zero-order chi connectivity index (χ0) is 16.7. The van der Waals surface area contributed by atoms with E-state index in [2.05, 4.69) is 6.92 Å². The molecule has 23 heavy (non-hydrogen) atoms. The smallest absolute Gasteiger partial charge is 0.375 e. The molecule has 2 N–H and O–H groups in total. The zero-order valence-electron chi connectivity index (χ0n) is 13.1. The lowest BCUT2D eigenvalue weighted by Crippen LogP contribution is -2.32. The number of carbonyl (C=O) groups is 2. The topological polar surface area (TPSA) is 72.6 Å². The Bertz CT molecular complexity index is 671. The summed E-state index contributed by atoms with van der Waals surface area (Å²) >= 11 is 0. The first kappa shape index (κ1) is 16.7. The molecule has 5 nitrogen and oxygen atoms in total. The van der Waals surface area contributed by atoms with Gasteiger partial charge < -0.3 is 10.5 Å². The van der Waals surface area contributed by atoms with E-state index in [9.17, 15) is 9.59 Å². The molecule has 0 aliphatic rings. The number of para-hydroxylation sites is 2. The van der Waals surface area contributed by atoms with Crippen molar-refractivity contribution >= 4 is 23.4 Å². The normalized spacial score (nSPS) is 10.2. The molecule has 0 aromatic heterocycles. The summed E-state index contributed by atoms with van der Waals surface area (Å²) in [5.41, 5.74) is 7.57. The van der Waals surface area contributed by atoms with E-state index < -0.39 is 12.1 Å². The number of hydrogen-bond donors (Lipinski definition) is 1. The van der Waals surface area contributed by atoms with Gasteiger partial charge in [-0.25, -0.2) is 9.69 Å². The zero-order valence-corrected chi connectivity index (χ0v) is 13.1. The van der Waals surface area contributed by atoms with Gasteiger partial charge in [-0.05, 0) is 30.2 Å². The molecule has 2 aromatic carbocycles. The number of carbonyl (C=O) groups excluding carboxylic acids is 2. The number of anilines is 2. The first-order valence-electron chi connectivity index (χ1n) is 7.55. The fourth-order valence-electron chi connectivity index (χ4n) is 2.31. The molecular weight excluding hydrogens is 292 g/mol. The van der Waals surface area contributed by atoms with Crippen molar-refractivity contribution in [2.24, 2.45) is 5.73 Å². The molecule has 0 spiro atoms. The maximum atomic E-state index is 12.5. The third-order valence-corrected chi connectivity index (χ3v) is 3.32. The van der Waals surface area contributed by atoms with Gasteiger partial charge in [0.25, 0.3) is 0 Å². The number of hydrogen-bond acceptors (Lipinski definition) is 4. The van der Waals surface area contributed by atoms with E-state index in [1.165, 1.54) is 4.90 Å². The Morgan fingerprint density at radius 2 is 1.70 bits per heavy atom. The number of ether oxygens (including phenoxy) is 1. The quantitative estimate of drug-likeness (QED) is 0.678. The summed E-state index contributed by atoms with van der Waals surface area (Å²) in [5, 5.41) is 0. The van der Waals surface area contributed by atoms with Crippen LogP contribution < -0.4 is 10.6 Å². The average molecular weight is 312 g/mol. The van der Waals surface area contributed by atoms with Gasteiger partial charge in [-0.3, -0.25) is 4.79 Å². The molecule has 0 aliphatic carbocycles. The second-order valence-electron chi connectivity index (χ2n) is 4.99. The molecule has 1 amide bonds. The van der Waals surface area contributed by atoms with Crippen LogP contribution >= 0.6 is 0 Å². The first-order chi connectivity index (χ1) is 11.2. The van der Waals surface area contributed by atoms with Crippen molar-refractivity contribution in [3.63, 3.8) is 0 Å². The summed E-state index contributed by atoms with van der Waals surface area (Å²) in [6, 6.07) is 16.7. The molecule has 120 valence electrons. The number of benzene rings is 2. The lowest BCUT2D eigenvalue weighted by Gasteiger charge is -2.24. The summed E-state index contributed by atoms with van der Waals surface area (Å²) in [5.74, 6) is -0.760. The summed E-state index contributed by atoms with van der Waals surface area (Å²) < 4.78 is 4.83. The van der Waals surface area contributed by atoms with Crippen LogP contribution in [0.2, 0.25) is 0 Å². The predicted molar refractivity (Wildman–Crippen MR) is 89.6 cm³/mol. The van der Waals surface area contributed by atoms with Crippen LogP contribution in [0.5, 0.6) is 0 Å². The van der Waals surface area contributed by atoms with Crippen molar-refractivity contribution in [2.75, 3.05) is 11.4 Å². The fraction of sp³-hybridized carbons (Fsp3) is 0.222. The van der Waals surface area contributed by atoms with Gasteiger partial charge in [-0.2, -0.15) is 0 Å². The molecule has 0 fully saturated rings. The molecule has 0 atom stereocenters. The monoisotopic (exact) mass is 312 g/mol. The molecule has 5 heteroatoms. The van der Waals surface area contributed by atoms with Crippen molar-refractivity contribution < 1.29 is 14.3 Å². The van der Waals surface area contributed by atoms with Crippen molar-refractivity contribution in [3.05, 3.63) is 60.2 Å². The number of aryl methyl sites for hydroxylation is 1. The lowest BCUT2D eigenvalue weighted by atomic mass is 10.1. The maximum absolute atomic E-state index is 12.5. The fourth-order valence-corrected chi connectivity index (χ4v) is 2.31. The van der Waals surface area contributed by atoms with Crippen molar-refractivity contribution in [1.29, 1.82) is 0 Å². The molecule has 0 unspecified atom stereocenters. The van der Waals surface area contributed by atoms with E-state index in [0.717, 1.165) is 18.4 Å². The number of amides is 1. The Hall–Kier alpha value is -2.66. The second-order valence-corrected chi connectivity index (χ2v) is 4.99. The highest BCUT2D eigenvalue weighted by Gasteiger charge is 2.23. The van der Waals surface area contributed by atoms with Crippen LogP contribution in [0.4, 0.5) is 16.2 Å². The molecule has 2 rings (SSSR count). The van der Waals surface area contributed by atoms with E-state index in [0.29, 0.717) is 11.4 Å². The van der Waals surface area contributed by atoms with Gasteiger partial charge in [0.1, 0.15) is 0 Å². The van der Waals surface area contributed by atoms with Crippen LogP contribution in [0.15, 0.2) is 54.6 Å². The number of nitrogens with zero attached hydrogens (tertiary/aromatic N) is 1. The van der Waals surface area contributed by atoms with Crippen LogP contribution in [0.3, 0.4) is 0 Å². The van der Waals surface area contributed by atoms with Gasteiger partial charge in [-0.15, -0.1) is 0 Å². The summed E-state index contributed by atoms with van der Waals surface area (Å²) in [4.78, 5) is 25.3. The molecule has 0 radical (unpaired) electrons. The molecule has 0 aliphatic heterocycles. The first-order valence-corrected chi connectivity index (χ1v) is 7.55. The Labute approximate surface area is 135 Å². The Kier molecular flexibility index (Phi) is 5.88. The minimum atomic E-state index is -0.760. The summed E-state index contributed by atoms with van der Waals surface area (Å²) in [6.45, 7) is 1.73. The van der Waals surface area contributed by atoms with Gasteiger partial charge >= 0.3 is 12.1 Å². The predicted octanol–water partition coefficient (Wildman–Crippen LogP) is 3.40. The maximum Gasteiger partial charge on any atom is 0.426 e. The molecule has 0 saturated carbocycles. The van der Waals surface area contributed by atoms with Gasteiger partial charge in [0.15, 0.2) is 0 Å². The molecule has 0 bridgehead atoms. The van der Waals surface area contributed by atoms with Crippen LogP contribution in [-0.2, 0) is 16.0 Å².